The van der Waals surface area contributed by atoms with Gasteiger partial charge in [0.15, 0.2) is 6.61 Å². The van der Waals surface area contributed by atoms with Crippen molar-refractivity contribution < 1.29 is 23.5 Å². The molecule has 0 aliphatic rings. The van der Waals surface area contributed by atoms with Gasteiger partial charge in [-0.3, -0.25) is 9.09 Å². The lowest BCUT2D eigenvalue weighted by molar-refractivity contribution is -0.147. The molecular formula is C6H13O5P. The van der Waals surface area contributed by atoms with Crippen molar-refractivity contribution >= 4 is 14.2 Å². The van der Waals surface area contributed by atoms with Gasteiger partial charge in [-0.05, 0) is 5.92 Å². The summed E-state index contributed by atoms with van der Waals surface area (Å²) < 4.78 is 18.8. The van der Waals surface area contributed by atoms with Gasteiger partial charge in [0.25, 0.3) is 0 Å². The Bertz CT molecular complexity index is 167. The smallest absolute Gasteiger partial charge is 0.332 e. The molecule has 0 aliphatic heterocycles. The summed E-state index contributed by atoms with van der Waals surface area (Å²) in [6.45, 7) is 3.63. The molecule has 5 nitrogen and oxygen atoms in total. The van der Waals surface area contributed by atoms with E-state index in [4.69, 9.17) is 4.89 Å². The molecule has 0 bridgehead atoms. The predicted octanol–water partition coefficient (Wildman–Crippen LogP) is 0.584. The second-order valence-corrected chi connectivity index (χ2v) is 3.45. The average Bonchev–Trinajstić information content (AvgIpc) is 1.96. The summed E-state index contributed by atoms with van der Waals surface area (Å²) in [5.74, 6) is -0.365. The fraction of sp³-hybridized carbons (Fsp3) is 0.833. The van der Waals surface area contributed by atoms with Crippen molar-refractivity contribution in [3.8, 4) is 0 Å². The summed E-state index contributed by atoms with van der Waals surface area (Å²) in [6, 6.07) is 0. The van der Waals surface area contributed by atoms with Gasteiger partial charge in [0, 0.05) is 0 Å². The maximum Gasteiger partial charge on any atom is 0.332 e. The molecule has 0 spiro atoms. The van der Waals surface area contributed by atoms with Crippen molar-refractivity contribution in [3.63, 3.8) is 0 Å². The van der Waals surface area contributed by atoms with Crippen LogP contribution in [0.15, 0.2) is 0 Å². The Labute approximate surface area is 71.6 Å². The van der Waals surface area contributed by atoms with Gasteiger partial charge in [-0.15, -0.1) is 0 Å². The van der Waals surface area contributed by atoms with Crippen molar-refractivity contribution in [2.24, 2.45) is 5.92 Å². The Morgan fingerprint density at radius 3 is 2.58 bits per heavy atom. The molecule has 0 amide bonds. The van der Waals surface area contributed by atoms with Gasteiger partial charge in [0.2, 0.25) is 0 Å². The van der Waals surface area contributed by atoms with Gasteiger partial charge >= 0.3 is 14.2 Å². The lowest BCUT2D eigenvalue weighted by Crippen LogP contribution is -2.13. The average molecular weight is 196 g/mol. The van der Waals surface area contributed by atoms with Gasteiger partial charge < -0.3 is 9.63 Å². The summed E-state index contributed by atoms with van der Waals surface area (Å²) in [7, 11) is -3.02. The molecule has 0 heterocycles. The standard InChI is InChI=1S/C6H13O5P/c1-5(2)3-10-6(7)4-11-12(8)9/h5,12H,3-4H2,1-2H3,(H,8,9). The van der Waals surface area contributed by atoms with Gasteiger partial charge in [-0.2, -0.15) is 0 Å². The molecule has 0 saturated carbocycles. The van der Waals surface area contributed by atoms with Crippen molar-refractivity contribution in [1.29, 1.82) is 0 Å². The van der Waals surface area contributed by atoms with E-state index < -0.39 is 20.8 Å². The number of hydrogen-bond acceptors (Lipinski definition) is 4. The fourth-order valence-electron chi connectivity index (χ4n) is 0.422. The number of ether oxygens (including phenoxy) is 1. The van der Waals surface area contributed by atoms with E-state index in [1.165, 1.54) is 0 Å². The minimum absolute atomic E-state index is 0.250. The number of carbonyl (C=O) groups is 1. The van der Waals surface area contributed by atoms with Gasteiger partial charge in [-0.25, -0.2) is 4.79 Å². The molecule has 0 aromatic rings. The molecule has 72 valence electrons. The van der Waals surface area contributed by atoms with Crippen LogP contribution in [-0.2, 0) is 18.6 Å². The van der Waals surface area contributed by atoms with Crippen LogP contribution in [0.2, 0.25) is 0 Å². The van der Waals surface area contributed by atoms with E-state index in [0.29, 0.717) is 6.61 Å². The first-order chi connectivity index (χ1) is 5.52. The largest absolute Gasteiger partial charge is 0.464 e. The Hall–Kier alpha value is -0.380. The fourth-order valence-corrected chi connectivity index (χ4v) is 0.663. The topological polar surface area (TPSA) is 72.8 Å². The molecule has 0 fully saturated rings. The Morgan fingerprint density at radius 2 is 2.17 bits per heavy atom. The van der Waals surface area contributed by atoms with Crippen molar-refractivity contribution in [1.82, 2.24) is 0 Å². The van der Waals surface area contributed by atoms with E-state index in [2.05, 4.69) is 9.26 Å². The zero-order valence-electron chi connectivity index (χ0n) is 7.07. The van der Waals surface area contributed by atoms with Crippen LogP contribution < -0.4 is 0 Å². The highest BCUT2D eigenvalue weighted by Gasteiger charge is 2.05. The van der Waals surface area contributed by atoms with Crippen LogP contribution in [0.5, 0.6) is 0 Å². The van der Waals surface area contributed by atoms with E-state index in [-0.39, 0.29) is 5.92 Å². The molecule has 0 aromatic heterocycles. The third-order valence-corrected chi connectivity index (χ3v) is 1.28. The highest BCUT2D eigenvalue weighted by molar-refractivity contribution is 7.32. The van der Waals surface area contributed by atoms with Crippen molar-refractivity contribution in [2.45, 2.75) is 13.8 Å². The van der Waals surface area contributed by atoms with Gasteiger partial charge in [-0.1, -0.05) is 13.8 Å². The number of rotatable bonds is 5. The molecule has 12 heavy (non-hydrogen) atoms. The van der Waals surface area contributed by atoms with Gasteiger partial charge in [0.05, 0.1) is 6.61 Å². The predicted molar refractivity (Wildman–Crippen MR) is 43.0 cm³/mol. The summed E-state index contributed by atoms with van der Waals surface area (Å²) in [5, 5.41) is 0. The van der Waals surface area contributed by atoms with E-state index in [1.54, 1.807) is 0 Å². The van der Waals surface area contributed by atoms with Crippen LogP contribution >= 0.6 is 8.25 Å². The van der Waals surface area contributed by atoms with Crippen LogP contribution in [-0.4, -0.2) is 24.1 Å². The number of esters is 1. The SMILES string of the molecule is CC(C)COC(=O)CO[PH](=O)O. The third kappa shape index (κ3) is 7.72. The first-order valence-corrected chi connectivity index (χ1v) is 4.80. The zero-order chi connectivity index (χ0) is 9.56. The Kier molecular flexibility index (Phi) is 5.98. The summed E-state index contributed by atoms with van der Waals surface area (Å²) in [4.78, 5) is 18.9. The summed E-state index contributed by atoms with van der Waals surface area (Å²) >= 11 is 0. The molecule has 0 aromatic carbocycles. The summed E-state index contributed by atoms with van der Waals surface area (Å²) in [6.07, 6.45) is 0. The third-order valence-electron chi connectivity index (χ3n) is 0.891. The number of carbonyl (C=O) groups excluding carboxylic acids is 1. The van der Waals surface area contributed by atoms with Crippen LogP contribution in [0.4, 0.5) is 0 Å². The molecule has 6 heteroatoms. The minimum atomic E-state index is -3.02. The van der Waals surface area contributed by atoms with E-state index in [0.717, 1.165) is 0 Å². The van der Waals surface area contributed by atoms with Crippen LogP contribution in [0.25, 0.3) is 0 Å². The highest BCUT2D eigenvalue weighted by atomic mass is 31.1. The maximum absolute atomic E-state index is 10.7. The first-order valence-electron chi connectivity index (χ1n) is 3.53. The first kappa shape index (κ1) is 11.6. The minimum Gasteiger partial charge on any atom is -0.464 e. The number of hydrogen-bond donors (Lipinski definition) is 1. The molecule has 0 radical (unpaired) electrons. The monoisotopic (exact) mass is 196 g/mol. The van der Waals surface area contributed by atoms with Gasteiger partial charge in [0.1, 0.15) is 0 Å². The van der Waals surface area contributed by atoms with E-state index in [1.807, 2.05) is 13.8 Å². The second kappa shape index (κ2) is 6.17. The van der Waals surface area contributed by atoms with Crippen LogP contribution in [0, 0.1) is 5.92 Å². The Balaban J connectivity index is 3.40. The van der Waals surface area contributed by atoms with E-state index >= 15 is 0 Å². The van der Waals surface area contributed by atoms with Crippen molar-refractivity contribution in [3.05, 3.63) is 0 Å². The van der Waals surface area contributed by atoms with E-state index in [9.17, 15) is 9.36 Å². The lowest BCUT2D eigenvalue weighted by atomic mass is 10.2. The molecule has 0 rings (SSSR count). The Morgan fingerprint density at radius 1 is 1.58 bits per heavy atom. The molecule has 0 aliphatic carbocycles. The van der Waals surface area contributed by atoms with Crippen LogP contribution in [0.3, 0.4) is 0 Å². The zero-order valence-corrected chi connectivity index (χ0v) is 8.07. The molecule has 1 N–H and O–H groups in total. The van der Waals surface area contributed by atoms with Crippen molar-refractivity contribution in [2.75, 3.05) is 13.2 Å². The molecule has 1 atom stereocenters. The molecular weight excluding hydrogens is 183 g/mol. The second-order valence-electron chi connectivity index (χ2n) is 2.63. The van der Waals surface area contributed by atoms with Crippen LogP contribution in [0.1, 0.15) is 13.8 Å². The molecule has 1 unspecified atom stereocenters. The normalized spacial score (nSPS) is 13.0. The molecule has 0 saturated heterocycles. The lowest BCUT2D eigenvalue weighted by Gasteiger charge is -2.05. The highest BCUT2D eigenvalue weighted by Crippen LogP contribution is 2.13. The summed E-state index contributed by atoms with van der Waals surface area (Å²) in [5.41, 5.74) is 0. The quantitative estimate of drug-likeness (QED) is 0.514. The maximum atomic E-state index is 10.7.